The molecule has 3 aromatic carbocycles. The predicted octanol–water partition coefficient (Wildman–Crippen LogP) is 6.74. The van der Waals surface area contributed by atoms with Crippen LogP contribution in [0.1, 0.15) is 31.9 Å². The van der Waals surface area contributed by atoms with Crippen molar-refractivity contribution in [2.45, 2.75) is 13.8 Å². The second kappa shape index (κ2) is 8.89. The van der Waals surface area contributed by atoms with Gasteiger partial charge in [-0.15, -0.1) is 11.3 Å². The molecule has 168 valence electrons. The van der Waals surface area contributed by atoms with Gasteiger partial charge in [0.25, 0.3) is 0 Å². The number of carbonyl (C=O) groups is 2. The number of hydrogen-bond acceptors (Lipinski definition) is 6. The molecule has 1 aromatic heterocycles. The van der Waals surface area contributed by atoms with Gasteiger partial charge in [-0.05, 0) is 49.8 Å². The summed E-state index contributed by atoms with van der Waals surface area (Å²) < 4.78 is 12.0. The predicted molar refractivity (Wildman–Crippen MR) is 135 cm³/mol. The molecule has 5 rings (SSSR count). The molecule has 0 amide bonds. The number of cyclic esters (lactones) is 1. The number of carbonyl (C=O) groups excluding carboxylic acids is 2. The molecular weight excluding hydrogens is 470 g/mol. The summed E-state index contributed by atoms with van der Waals surface area (Å²) in [4.78, 5) is 30.2. The van der Waals surface area contributed by atoms with Gasteiger partial charge < -0.3 is 9.47 Å². The monoisotopic (exact) mass is 487 g/mol. The lowest BCUT2D eigenvalue weighted by atomic mass is 10.1. The Morgan fingerprint density at radius 3 is 2.56 bits per heavy atom. The van der Waals surface area contributed by atoms with Gasteiger partial charge in [0, 0.05) is 15.6 Å². The van der Waals surface area contributed by atoms with E-state index in [0.29, 0.717) is 26.8 Å². The lowest BCUT2D eigenvalue weighted by Gasteiger charge is -2.07. The third-order valence-electron chi connectivity index (χ3n) is 5.30. The first-order chi connectivity index (χ1) is 16.4. The lowest BCUT2D eigenvalue weighted by Crippen LogP contribution is -2.09. The number of nitrogens with zero attached hydrogens (tertiary/aromatic N) is 1. The number of fused-ring (bicyclic) bond motifs is 1. The van der Waals surface area contributed by atoms with Crippen LogP contribution in [0.3, 0.4) is 0 Å². The Bertz CT molecular complexity index is 1520. The largest absolute Gasteiger partial charge is 0.422 e. The zero-order chi connectivity index (χ0) is 23.8. The number of ether oxygens (including phenoxy) is 2. The minimum atomic E-state index is -0.598. The van der Waals surface area contributed by atoms with Gasteiger partial charge in [0.05, 0.1) is 10.6 Å². The summed E-state index contributed by atoms with van der Waals surface area (Å²) in [6.45, 7) is 3.95. The zero-order valence-corrected chi connectivity index (χ0v) is 19.9. The first-order valence-corrected chi connectivity index (χ1v) is 11.7. The van der Waals surface area contributed by atoms with E-state index in [9.17, 15) is 9.59 Å². The summed E-state index contributed by atoms with van der Waals surface area (Å²) in [5.74, 6) is -0.614. The molecule has 0 aliphatic carbocycles. The Hall–Kier alpha value is -3.74. The van der Waals surface area contributed by atoms with E-state index in [2.05, 4.69) is 4.99 Å². The first kappa shape index (κ1) is 22.1. The quantitative estimate of drug-likeness (QED) is 0.182. The van der Waals surface area contributed by atoms with Crippen molar-refractivity contribution in [3.05, 3.63) is 105 Å². The van der Waals surface area contributed by atoms with Crippen LogP contribution in [0.15, 0.2) is 77.4 Å². The van der Waals surface area contributed by atoms with Gasteiger partial charge in [-0.3, -0.25) is 0 Å². The number of thiophene rings is 1. The molecule has 0 spiro atoms. The highest BCUT2D eigenvalue weighted by Crippen LogP contribution is 2.38. The van der Waals surface area contributed by atoms with E-state index in [1.54, 1.807) is 42.5 Å². The molecule has 1 aliphatic heterocycles. The Morgan fingerprint density at radius 1 is 1.03 bits per heavy atom. The maximum atomic E-state index is 12.6. The third-order valence-corrected chi connectivity index (χ3v) is 6.95. The maximum absolute atomic E-state index is 12.6. The molecule has 7 heteroatoms. The summed E-state index contributed by atoms with van der Waals surface area (Å²) in [7, 11) is 0. The Balaban J connectivity index is 1.46. The minimum Gasteiger partial charge on any atom is -0.422 e. The van der Waals surface area contributed by atoms with Crippen LogP contribution < -0.4 is 4.74 Å². The SMILES string of the molecule is Cc1ccc(C(=O)Oc2ccccc2/C=C2/N=C(c3sc4cc(C)ccc4c3Cl)OC2=O)cc1. The summed E-state index contributed by atoms with van der Waals surface area (Å²) in [5.41, 5.74) is 3.21. The van der Waals surface area contributed by atoms with Gasteiger partial charge in [-0.1, -0.05) is 59.6 Å². The number of esters is 2. The third kappa shape index (κ3) is 4.25. The highest BCUT2D eigenvalue weighted by Gasteiger charge is 2.28. The van der Waals surface area contributed by atoms with Gasteiger partial charge in [-0.25, -0.2) is 14.6 Å². The molecule has 34 heavy (non-hydrogen) atoms. The van der Waals surface area contributed by atoms with Crippen LogP contribution in [0.25, 0.3) is 16.2 Å². The molecular formula is C27H18ClNO4S. The average Bonchev–Trinajstić information content (AvgIpc) is 3.34. The van der Waals surface area contributed by atoms with E-state index in [1.807, 2.05) is 44.2 Å². The molecule has 0 saturated heterocycles. The summed E-state index contributed by atoms with van der Waals surface area (Å²) in [6, 6.07) is 20.0. The fourth-order valence-electron chi connectivity index (χ4n) is 3.50. The van der Waals surface area contributed by atoms with E-state index < -0.39 is 11.9 Å². The lowest BCUT2D eigenvalue weighted by molar-refractivity contribution is -0.129. The van der Waals surface area contributed by atoms with E-state index in [-0.39, 0.29) is 11.6 Å². The minimum absolute atomic E-state index is 0.0959. The summed E-state index contributed by atoms with van der Waals surface area (Å²) in [6.07, 6.45) is 1.54. The number of rotatable bonds is 4. The number of benzene rings is 3. The molecule has 0 radical (unpaired) electrons. The van der Waals surface area contributed by atoms with E-state index in [0.717, 1.165) is 21.2 Å². The van der Waals surface area contributed by atoms with Crippen molar-refractivity contribution in [3.63, 3.8) is 0 Å². The molecule has 4 aromatic rings. The van der Waals surface area contributed by atoms with Crippen LogP contribution in [-0.4, -0.2) is 17.8 Å². The first-order valence-electron chi connectivity index (χ1n) is 10.5. The second-order valence-corrected chi connectivity index (χ2v) is 9.30. The number of aliphatic imine (C=N–C) groups is 1. The zero-order valence-electron chi connectivity index (χ0n) is 18.3. The number of halogens is 1. The van der Waals surface area contributed by atoms with Crippen LogP contribution >= 0.6 is 22.9 Å². The fourth-order valence-corrected chi connectivity index (χ4v) is 5.04. The van der Waals surface area contributed by atoms with Crippen LogP contribution in [0.4, 0.5) is 0 Å². The Kier molecular flexibility index (Phi) is 5.77. The molecule has 0 bridgehead atoms. The second-order valence-electron chi connectivity index (χ2n) is 7.87. The molecule has 5 nitrogen and oxygen atoms in total. The van der Waals surface area contributed by atoms with Gasteiger partial charge in [-0.2, -0.15) is 0 Å². The van der Waals surface area contributed by atoms with E-state index in [1.165, 1.54) is 11.3 Å². The maximum Gasteiger partial charge on any atom is 0.363 e. The molecule has 0 saturated carbocycles. The van der Waals surface area contributed by atoms with Crippen LogP contribution in [0.5, 0.6) is 5.75 Å². The average molecular weight is 488 g/mol. The van der Waals surface area contributed by atoms with Gasteiger partial charge in [0.15, 0.2) is 5.70 Å². The molecule has 1 aliphatic rings. The number of aryl methyl sites for hydroxylation is 2. The van der Waals surface area contributed by atoms with Gasteiger partial charge in [0.1, 0.15) is 10.6 Å². The van der Waals surface area contributed by atoms with Crippen LogP contribution in [0.2, 0.25) is 5.02 Å². The van der Waals surface area contributed by atoms with Crippen molar-refractivity contribution in [2.75, 3.05) is 0 Å². The Labute approximate surface area is 204 Å². The smallest absolute Gasteiger partial charge is 0.363 e. The molecule has 0 unspecified atom stereocenters. The number of hydrogen-bond donors (Lipinski definition) is 0. The van der Waals surface area contributed by atoms with Crippen molar-refractivity contribution >= 4 is 56.9 Å². The number of para-hydroxylation sites is 1. The van der Waals surface area contributed by atoms with Crippen molar-refractivity contribution in [1.29, 1.82) is 0 Å². The van der Waals surface area contributed by atoms with E-state index >= 15 is 0 Å². The van der Waals surface area contributed by atoms with Crippen LogP contribution in [-0.2, 0) is 9.53 Å². The highest BCUT2D eigenvalue weighted by molar-refractivity contribution is 7.21. The van der Waals surface area contributed by atoms with Crippen molar-refractivity contribution in [2.24, 2.45) is 4.99 Å². The van der Waals surface area contributed by atoms with Crippen molar-refractivity contribution in [1.82, 2.24) is 0 Å². The topological polar surface area (TPSA) is 65.0 Å². The van der Waals surface area contributed by atoms with Crippen molar-refractivity contribution in [3.8, 4) is 5.75 Å². The molecule has 0 atom stereocenters. The molecule has 0 N–H and O–H groups in total. The Morgan fingerprint density at radius 2 is 1.76 bits per heavy atom. The van der Waals surface area contributed by atoms with Gasteiger partial charge in [0.2, 0.25) is 5.90 Å². The molecule has 0 fully saturated rings. The molecule has 2 heterocycles. The fraction of sp³-hybridized carbons (Fsp3) is 0.0741. The van der Waals surface area contributed by atoms with E-state index in [4.69, 9.17) is 21.1 Å². The van der Waals surface area contributed by atoms with Gasteiger partial charge >= 0.3 is 11.9 Å². The normalized spacial score (nSPS) is 14.4. The van der Waals surface area contributed by atoms with Crippen molar-refractivity contribution < 1.29 is 19.1 Å². The van der Waals surface area contributed by atoms with Crippen LogP contribution in [0, 0.1) is 13.8 Å². The summed E-state index contributed by atoms with van der Waals surface area (Å²) in [5, 5.41) is 1.39. The standard InChI is InChI=1S/C27H18ClNO4S/c1-15-7-10-17(11-8-15)26(30)32-21-6-4-3-5-18(21)14-20-27(31)33-25(29-20)24-23(28)19-12-9-16(2)13-22(19)34-24/h3-14H,1-2H3/b20-14+. The highest BCUT2D eigenvalue weighted by atomic mass is 35.5. The summed E-state index contributed by atoms with van der Waals surface area (Å²) >= 11 is 7.98.